The van der Waals surface area contributed by atoms with Gasteiger partial charge < -0.3 is 4.28 Å². The minimum Gasteiger partial charge on any atom is -0.810 e. The first-order valence-electron chi connectivity index (χ1n) is 14.4. The lowest BCUT2D eigenvalue weighted by Gasteiger charge is -2.56. The van der Waals surface area contributed by atoms with E-state index in [1.54, 1.807) is 5.57 Å². The Morgan fingerprint density at radius 1 is 0.605 bits per heavy atom. The summed E-state index contributed by atoms with van der Waals surface area (Å²) in [6, 6.07) is 37.1. The Balaban J connectivity index is 1.80. The SMILES string of the molecule is Cc1ccc(C2=C(C3CCCCC3)c3ccccc3[O+](C)[B-]2(c2ccc(C)cc2)c2ccc(C)cc2)cc1. The van der Waals surface area contributed by atoms with Crippen LogP contribution < -0.4 is 10.9 Å². The number of fused-ring (bicyclic) bond motifs is 1. The van der Waals surface area contributed by atoms with E-state index in [0.717, 1.165) is 0 Å². The average Bonchev–Trinajstić information content (AvgIpc) is 2.95. The van der Waals surface area contributed by atoms with Gasteiger partial charge in [-0.25, -0.2) is 0 Å². The zero-order chi connectivity index (χ0) is 26.3. The second kappa shape index (κ2) is 9.99. The van der Waals surface area contributed by atoms with E-state index >= 15 is 0 Å². The van der Waals surface area contributed by atoms with Crippen LogP contribution in [-0.2, 0) is 4.28 Å². The van der Waals surface area contributed by atoms with E-state index in [1.165, 1.54) is 82.1 Å². The predicted octanol–water partition coefficient (Wildman–Crippen LogP) is 8.31. The maximum absolute atomic E-state index is 3.77. The number of hydrogen-bond donors (Lipinski definition) is 0. The molecule has 0 atom stereocenters. The molecular weight excluding hydrogens is 459 g/mol. The number of allylic oxidation sites excluding steroid dienone is 1. The largest absolute Gasteiger partial charge is 0.810 e. The second-order valence-corrected chi connectivity index (χ2v) is 11.7. The first-order chi connectivity index (χ1) is 18.5. The molecule has 4 aromatic carbocycles. The van der Waals surface area contributed by atoms with Gasteiger partial charge in [-0.05, 0) is 45.6 Å². The van der Waals surface area contributed by atoms with Crippen LogP contribution in [0.4, 0.5) is 0 Å². The predicted molar refractivity (Wildman–Crippen MR) is 165 cm³/mol. The lowest BCUT2D eigenvalue weighted by atomic mass is 9.25. The molecule has 1 aliphatic carbocycles. The standard InChI is InChI=1S/C36H39BO/c1-26-14-20-30(21-15-26)36-35(29-10-6-5-7-11-29)33-12-8-9-13-34(33)38(4)37(36,31-22-16-27(2)17-23-31)32-24-18-28(3)19-25-32/h8-9,12-25,29H,5-7,10-11H2,1-4H3. The Labute approximate surface area is 228 Å². The third-order valence-corrected chi connectivity index (χ3v) is 9.22. The molecule has 0 aromatic heterocycles. The number of aryl methyl sites for hydroxylation is 3. The fourth-order valence-corrected chi connectivity index (χ4v) is 7.26. The molecule has 1 nitrogen and oxygen atoms in total. The summed E-state index contributed by atoms with van der Waals surface area (Å²) >= 11 is 0. The fourth-order valence-electron chi connectivity index (χ4n) is 7.26. The zero-order valence-electron chi connectivity index (χ0n) is 23.3. The molecule has 1 saturated carbocycles. The molecule has 0 unspecified atom stereocenters. The summed E-state index contributed by atoms with van der Waals surface area (Å²) in [5, 5.41) is 0. The molecule has 0 bridgehead atoms. The Morgan fingerprint density at radius 3 is 1.66 bits per heavy atom. The van der Waals surface area contributed by atoms with Crippen LogP contribution >= 0.6 is 0 Å². The van der Waals surface area contributed by atoms with E-state index in [2.05, 4.69) is 129 Å². The quantitative estimate of drug-likeness (QED) is 0.197. The molecule has 38 heavy (non-hydrogen) atoms. The lowest BCUT2D eigenvalue weighted by molar-refractivity contribution is 0.173. The summed E-state index contributed by atoms with van der Waals surface area (Å²) in [6.45, 7) is 6.56. The van der Waals surface area contributed by atoms with Crippen LogP contribution in [0.2, 0.25) is 0 Å². The Bertz CT molecular complexity index is 1410. The van der Waals surface area contributed by atoms with Crippen LogP contribution in [0.3, 0.4) is 0 Å². The molecule has 4 aromatic rings. The highest BCUT2D eigenvalue weighted by molar-refractivity contribution is 7.12. The molecular formula is C36H39BO. The van der Waals surface area contributed by atoms with E-state index < -0.39 is 6.35 Å². The summed E-state index contributed by atoms with van der Waals surface area (Å²) in [4.78, 5) is 0. The summed E-state index contributed by atoms with van der Waals surface area (Å²) in [5.41, 5.74) is 12.4. The van der Waals surface area contributed by atoms with Crippen LogP contribution in [0, 0.1) is 26.7 Å². The van der Waals surface area contributed by atoms with Gasteiger partial charge in [0.2, 0.25) is 5.75 Å². The van der Waals surface area contributed by atoms with E-state index in [-0.39, 0.29) is 0 Å². The third kappa shape index (κ3) is 4.02. The van der Waals surface area contributed by atoms with Gasteiger partial charge >= 0.3 is 6.35 Å². The first-order valence-corrected chi connectivity index (χ1v) is 14.4. The van der Waals surface area contributed by atoms with Gasteiger partial charge in [-0.2, -0.15) is 0 Å². The molecule has 192 valence electrons. The molecule has 1 heterocycles. The lowest BCUT2D eigenvalue weighted by Crippen LogP contribution is -2.66. The minimum absolute atomic E-state index is 0.563. The monoisotopic (exact) mass is 498 g/mol. The van der Waals surface area contributed by atoms with E-state index in [0.29, 0.717) is 5.92 Å². The fraction of sp³-hybridized carbons (Fsp3) is 0.278. The maximum Gasteiger partial charge on any atom is 0.414 e. The van der Waals surface area contributed by atoms with Crippen molar-refractivity contribution in [3.8, 4) is 5.75 Å². The smallest absolute Gasteiger partial charge is 0.414 e. The molecule has 0 saturated heterocycles. The van der Waals surface area contributed by atoms with Crippen LogP contribution in [-0.4, -0.2) is 13.5 Å². The highest BCUT2D eigenvalue weighted by Gasteiger charge is 2.52. The Morgan fingerprint density at radius 2 is 1.11 bits per heavy atom. The van der Waals surface area contributed by atoms with Gasteiger partial charge in [0.25, 0.3) is 0 Å². The van der Waals surface area contributed by atoms with Crippen molar-refractivity contribution in [1.29, 1.82) is 0 Å². The Kier molecular flexibility index (Phi) is 6.52. The van der Waals surface area contributed by atoms with Crippen molar-refractivity contribution in [3.05, 3.63) is 125 Å². The van der Waals surface area contributed by atoms with Gasteiger partial charge in [-0.3, -0.25) is 0 Å². The zero-order valence-corrected chi connectivity index (χ0v) is 23.3. The number of benzene rings is 4. The van der Waals surface area contributed by atoms with E-state index in [1.807, 2.05) is 0 Å². The molecule has 6 rings (SSSR count). The molecule has 0 radical (unpaired) electrons. The first kappa shape index (κ1) is 24.8. The van der Waals surface area contributed by atoms with Crippen molar-refractivity contribution in [2.75, 3.05) is 7.11 Å². The van der Waals surface area contributed by atoms with Crippen LogP contribution in [0.15, 0.2) is 97.1 Å². The van der Waals surface area contributed by atoms with Gasteiger partial charge in [0.1, 0.15) is 7.11 Å². The van der Waals surface area contributed by atoms with Crippen LogP contribution in [0.1, 0.15) is 59.9 Å². The molecule has 2 heteroatoms. The molecule has 0 N–H and O–H groups in total. The number of para-hydroxylation sites is 1. The van der Waals surface area contributed by atoms with Gasteiger partial charge in [0, 0.05) is 6.07 Å². The number of rotatable bonds is 4. The summed E-state index contributed by atoms with van der Waals surface area (Å²) in [7, 11) is 2.25. The van der Waals surface area contributed by atoms with Crippen molar-refractivity contribution in [1.82, 2.24) is 0 Å². The molecule has 1 fully saturated rings. The normalized spacial score (nSPS) is 17.4. The summed E-state index contributed by atoms with van der Waals surface area (Å²) in [6.07, 6.45) is 4.99. The topological polar surface area (TPSA) is 2.70 Å². The number of hydrogen-bond acceptors (Lipinski definition) is 0. The minimum atomic E-state index is -1.52. The van der Waals surface area contributed by atoms with Crippen molar-refractivity contribution < 1.29 is 4.28 Å². The van der Waals surface area contributed by atoms with Gasteiger partial charge in [-0.15, -0.1) is 10.9 Å². The molecule has 2 aliphatic rings. The molecule has 1 aliphatic heterocycles. The summed E-state index contributed by atoms with van der Waals surface area (Å²) < 4.78 is 3.77. The van der Waals surface area contributed by atoms with E-state index in [4.69, 9.17) is 0 Å². The molecule has 0 amide bonds. The van der Waals surface area contributed by atoms with Crippen molar-refractivity contribution in [2.45, 2.75) is 52.9 Å². The third-order valence-electron chi connectivity index (χ3n) is 9.22. The van der Waals surface area contributed by atoms with Crippen LogP contribution in [0.5, 0.6) is 5.75 Å². The second-order valence-electron chi connectivity index (χ2n) is 11.7. The highest BCUT2D eigenvalue weighted by Crippen LogP contribution is 2.53. The van der Waals surface area contributed by atoms with Crippen molar-refractivity contribution in [3.63, 3.8) is 0 Å². The molecule has 0 spiro atoms. The maximum atomic E-state index is 3.77. The van der Waals surface area contributed by atoms with Gasteiger partial charge in [0.15, 0.2) is 0 Å². The van der Waals surface area contributed by atoms with Crippen LogP contribution in [0.25, 0.3) is 11.0 Å². The van der Waals surface area contributed by atoms with Crippen molar-refractivity contribution >= 4 is 28.3 Å². The summed E-state index contributed by atoms with van der Waals surface area (Å²) in [5.74, 6) is 1.83. The Hall–Kier alpha value is -3.52. The van der Waals surface area contributed by atoms with Crippen molar-refractivity contribution in [2.24, 2.45) is 5.92 Å². The highest BCUT2D eigenvalue weighted by atomic mass is 16.6. The van der Waals surface area contributed by atoms with E-state index in [9.17, 15) is 0 Å². The van der Waals surface area contributed by atoms with Gasteiger partial charge in [-0.1, -0.05) is 137 Å². The van der Waals surface area contributed by atoms with Gasteiger partial charge in [0.05, 0.1) is 5.56 Å². The average molecular weight is 499 g/mol.